The highest BCUT2D eigenvalue weighted by Gasteiger charge is 2.22. The number of alkyl halides is 1. The fraction of sp³-hybridized carbons (Fsp3) is 0.333. The Morgan fingerprint density at radius 2 is 1.57 bits per heavy atom. The summed E-state index contributed by atoms with van der Waals surface area (Å²) in [7, 11) is 0. The van der Waals surface area contributed by atoms with Crippen molar-refractivity contribution in [1.29, 1.82) is 0 Å². The lowest BCUT2D eigenvalue weighted by Crippen LogP contribution is -2.21. The number of aliphatic hydroxyl groups is 1. The molecule has 0 aliphatic carbocycles. The molecular formula is C18H22ClNO. The summed E-state index contributed by atoms with van der Waals surface area (Å²) in [5.41, 5.74) is 3.52. The average Bonchev–Trinajstić information content (AvgIpc) is 2.53. The molecule has 112 valence electrons. The van der Waals surface area contributed by atoms with Crippen molar-refractivity contribution in [2.24, 2.45) is 0 Å². The predicted molar refractivity (Wildman–Crippen MR) is 90.2 cm³/mol. The molecule has 0 aromatic heterocycles. The summed E-state index contributed by atoms with van der Waals surface area (Å²) in [4.78, 5) is 0. The van der Waals surface area contributed by atoms with Crippen molar-refractivity contribution in [1.82, 2.24) is 0 Å². The lowest BCUT2D eigenvalue weighted by Gasteiger charge is -2.26. The Hall–Kier alpha value is -1.51. The second-order valence-electron chi connectivity index (χ2n) is 5.76. The van der Waals surface area contributed by atoms with Crippen LogP contribution in [0.3, 0.4) is 0 Å². The number of hydrogen-bond donors (Lipinski definition) is 2. The third-order valence-corrected chi connectivity index (χ3v) is 4.18. The molecule has 0 saturated carbocycles. The number of rotatable bonds is 6. The maximum absolute atomic E-state index is 9.46. The van der Waals surface area contributed by atoms with Gasteiger partial charge in [-0.15, -0.1) is 11.6 Å². The van der Waals surface area contributed by atoms with Crippen molar-refractivity contribution < 1.29 is 5.11 Å². The zero-order chi connectivity index (χ0) is 15.3. The van der Waals surface area contributed by atoms with E-state index in [2.05, 4.69) is 55.6 Å². The molecule has 0 fully saturated rings. The summed E-state index contributed by atoms with van der Waals surface area (Å²) >= 11 is 5.58. The van der Waals surface area contributed by atoms with E-state index in [0.717, 1.165) is 5.69 Å². The lowest BCUT2D eigenvalue weighted by atomic mass is 9.78. The van der Waals surface area contributed by atoms with Crippen LogP contribution in [-0.4, -0.2) is 23.6 Å². The predicted octanol–water partition coefficient (Wildman–Crippen LogP) is 4.02. The summed E-state index contributed by atoms with van der Waals surface area (Å²) in [6.45, 7) is 4.91. The summed E-state index contributed by atoms with van der Waals surface area (Å²) in [6.07, 6.45) is -0.521. The summed E-state index contributed by atoms with van der Waals surface area (Å²) < 4.78 is 0. The van der Waals surface area contributed by atoms with Crippen LogP contribution in [0.1, 0.15) is 25.0 Å². The van der Waals surface area contributed by atoms with E-state index in [-0.39, 0.29) is 11.3 Å². The highest BCUT2D eigenvalue weighted by molar-refractivity contribution is 6.18. The fourth-order valence-corrected chi connectivity index (χ4v) is 2.43. The van der Waals surface area contributed by atoms with E-state index < -0.39 is 6.10 Å². The zero-order valence-corrected chi connectivity index (χ0v) is 13.3. The van der Waals surface area contributed by atoms with E-state index in [1.54, 1.807) is 0 Å². The molecule has 0 heterocycles. The van der Waals surface area contributed by atoms with Gasteiger partial charge >= 0.3 is 0 Å². The first-order valence-corrected chi connectivity index (χ1v) is 7.71. The minimum atomic E-state index is -0.521. The van der Waals surface area contributed by atoms with Crippen molar-refractivity contribution >= 4 is 17.3 Å². The van der Waals surface area contributed by atoms with Gasteiger partial charge in [0.05, 0.1) is 12.0 Å². The van der Waals surface area contributed by atoms with Gasteiger partial charge in [0, 0.05) is 17.6 Å². The summed E-state index contributed by atoms with van der Waals surface area (Å²) in [5, 5.41) is 12.6. The van der Waals surface area contributed by atoms with Crippen molar-refractivity contribution in [3.8, 4) is 0 Å². The number of hydrogen-bond acceptors (Lipinski definition) is 2. The average molecular weight is 304 g/mol. The van der Waals surface area contributed by atoms with Crippen molar-refractivity contribution in [2.75, 3.05) is 17.7 Å². The molecule has 1 unspecified atom stereocenters. The van der Waals surface area contributed by atoms with E-state index in [1.807, 2.05) is 18.2 Å². The van der Waals surface area contributed by atoms with Crippen LogP contribution in [0.2, 0.25) is 0 Å². The third kappa shape index (κ3) is 3.99. The van der Waals surface area contributed by atoms with Crippen LogP contribution < -0.4 is 5.32 Å². The van der Waals surface area contributed by atoms with Crippen LogP contribution in [0.25, 0.3) is 0 Å². The van der Waals surface area contributed by atoms with Gasteiger partial charge in [0.25, 0.3) is 0 Å². The molecule has 0 bridgehead atoms. The smallest absolute Gasteiger partial charge is 0.0847 e. The summed E-state index contributed by atoms with van der Waals surface area (Å²) in [6, 6.07) is 18.8. The Morgan fingerprint density at radius 1 is 1.00 bits per heavy atom. The van der Waals surface area contributed by atoms with Gasteiger partial charge in [0.2, 0.25) is 0 Å². The summed E-state index contributed by atoms with van der Waals surface area (Å²) in [5.74, 6) is 0.242. The Labute approximate surface area is 131 Å². The van der Waals surface area contributed by atoms with E-state index >= 15 is 0 Å². The molecule has 0 aliphatic heterocycles. The molecule has 0 radical (unpaired) electrons. The largest absolute Gasteiger partial charge is 0.390 e. The molecule has 0 saturated heterocycles. The van der Waals surface area contributed by atoms with Gasteiger partial charge < -0.3 is 10.4 Å². The first kappa shape index (κ1) is 15.9. The van der Waals surface area contributed by atoms with Gasteiger partial charge in [-0.2, -0.15) is 0 Å². The van der Waals surface area contributed by atoms with Gasteiger partial charge in [0.1, 0.15) is 0 Å². The number of halogens is 1. The second kappa shape index (κ2) is 6.97. The quantitative estimate of drug-likeness (QED) is 0.790. The molecule has 21 heavy (non-hydrogen) atoms. The normalized spacial score (nSPS) is 13.0. The van der Waals surface area contributed by atoms with Crippen LogP contribution in [0.4, 0.5) is 5.69 Å². The number of aliphatic hydroxyl groups excluding tert-OH is 1. The molecule has 0 amide bonds. The maximum Gasteiger partial charge on any atom is 0.0847 e. The molecule has 2 aromatic carbocycles. The molecule has 3 heteroatoms. The van der Waals surface area contributed by atoms with Crippen molar-refractivity contribution in [2.45, 2.75) is 25.4 Å². The van der Waals surface area contributed by atoms with Crippen LogP contribution in [0.5, 0.6) is 0 Å². The van der Waals surface area contributed by atoms with E-state index in [4.69, 9.17) is 11.6 Å². The van der Waals surface area contributed by atoms with Crippen molar-refractivity contribution in [3.05, 3.63) is 65.7 Å². The van der Waals surface area contributed by atoms with E-state index in [1.165, 1.54) is 11.1 Å². The van der Waals surface area contributed by atoms with Crippen molar-refractivity contribution in [3.63, 3.8) is 0 Å². The van der Waals surface area contributed by atoms with Crippen LogP contribution >= 0.6 is 11.6 Å². The highest BCUT2D eigenvalue weighted by atomic mass is 35.5. The van der Waals surface area contributed by atoms with Gasteiger partial charge in [0.15, 0.2) is 0 Å². The molecule has 0 spiro atoms. The fourth-order valence-electron chi connectivity index (χ4n) is 2.32. The first-order chi connectivity index (χ1) is 10.0. The zero-order valence-electron chi connectivity index (χ0n) is 12.5. The highest BCUT2D eigenvalue weighted by Crippen LogP contribution is 2.31. The standard InChI is InChI=1S/C18H22ClNO/c1-18(2,14-6-4-3-5-7-14)15-8-10-16(11-9-15)20-13-17(21)12-19/h3-11,17,20-21H,12-13H2,1-2H3. The van der Waals surface area contributed by atoms with Crippen LogP contribution in [0, 0.1) is 0 Å². The van der Waals surface area contributed by atoms with Crippen LogP contribution in [0.15, 0.2) is 54.6 Å². The number of anilines is 1. The SMILES string of the molecule is CC(C)(c1ccccc1)c1ccc(NCC(O)CCl)cc1. The molecular weight excluding hydrogens is 282 g/mol. The van der Waals surface area contributed by atoms with Gasteiger partial charge in [-0.1, -0.05) is 56.3 Å². The van der Waals surface area contributed by atoms with E-state index in [9.17, 15) is 5.11 Å². The first-order valence-electron chi connectivity index (χ1n) is 7.18. The molecule has 0 aliphatic rings. The Balaban J connectivity index is 2.11. The Morgan fingerprint density at radius 3 is 2.14 bits per heavy atom. The minimum absolute atomic E-state index is 0.0323. The molecule has 2 rings (SSSR count). The molecule has 2 N–H and O–H groups in total. The third-order valence-electron chi connectivity index (χ3n) is 3.82. The van der Waals surface area contributed by atoms with Gasteiger partial charge in [-0.05, 0) is 23.3 Å². The Kier molecular flexibility index (Phi) is 5.27. The second-order valence-corrected chi connectivity index (χ2v) is 6.07. The molecule has 1 atom stereocenters. The van der Waals surface area contributed by atoms with Crippen LogP contribution in [-0.2, 0) is 5.41 Å². The molecule has 2 nitrogen and oxygen atoms in total. The lowest BCUT2D eigenvalue weighted by molar-refractivity contribution is 0.211. The monoisotopic (exact) mass is 303 g/mol. The topological polar surface area (TPSA) is 32.3 Å². The minimum Gasteiger partial charge on any atom is -0.390 e. The molecule has 2 aromatic rings. The number of nitrogens with one attached hydrogen (secondary N) is 1. The maximum atomic E-state index is 9.46. The van der Waals surface area contributed by atoms with Gasteiger partial charge in [-0.25, -0.2) is 0 Å². The van der Waals surface area contributed by atoms with Gasteiger partial charge in [-0.3, -0.25) is 0 Å². The number of benzene rings is 2. The Bertz CT molecular complexity index is 551. The van der Waals surface area contributed by atoms with E-state index in [0.29, 0.717) is 6.54 Å².